The van der Waals surface area contributed by atoms with Crippen LogP contribution in [0.3, 0.4) is 0 Å². The largest absolute Gasteiger partial charge is 0.721 e. The summed E-state index contributed by atoms with van der Waals surface area (Å²) in [5.41, 5.74) is 0. The number of hydrogen-bond acceptors (Lipinski definition) is 17. The van der Waals surface area contributed by atoms with E-state index >= 15 is 0 Å². The SMILES string of the molecule is C#[Si]O[Si](C)(O[SiH](C)C)O[Si](OC)(OC)O[Si](O[Si]#C)(O[SiH](C)C)O[Si](OC)(OC)O[SiH](C)C.C[SiH](O[Si](C)(C)C)O[Si](C)(C)C.C[SiH](O[Si](C)(C)C)O[Si](C)(C)O[Si](C)(C)C. The van der Waals surface area contributed by atoms with Crippen LogP contribution >= 0.6 is 0 Å². The van der Waals surface area contributed by atoms with Crippen LogP contribution in [0.2, 0.25) is 151 Å². The molecular formula is C29H88O17Si16. The Hall–Kier alpha value is 2.03. The van der Waals surface area contributed by atoms with Crippen molar-refractivity contribution >= 4 is 142 Å². The summed E-state index contributed by atoms with van der Waals surface area (Å²) in [6.45, 7) is 48.3. The van der Waals surface area contributed by atoms with E-state index in [1.807, 2.05) is 39.3 Å². The first-order chi connectivity index (χ1) is 27.6. The monoisotopic (exact) mass is 1160 g/mol. The maximum atomic E-state index is 6.31. The van der Waals surface area contributed by atoms with E-state index in [-0.39, 0.29) is 9.20 Å². The molecule has 0 aromatic carbocycles. The van der Waals surface area contributed by atoms with E-state index in [1.54, 1.807) is 6.55 Å². The van der Waals surface area contributed by atoms with Gasteiger partial charge in [-0.3, -0.25) is 0 Å². The molecule has 0 fully saturated rings. The number of hydrogen-bond donors (Lipinski definition) is 0. The summed E-state index contributed by atoms with van der Waals surface area (Å²) in [6, 6.07) is 11.5. The fourth-order valence-electron chi connectivity index (χ4n) is 5.18. The molecule has 0 rings (SSSR count). The Balaban J connectivity index is -0.00000102. The van der Waals surface area contributed by atoms with Gasteiger partial charge in [-0.05, 0) is 144 Å². The van der Waals surface area contributed by atoms with E-state index in [4.69, 9.17) is 83.2 Å². The molecule has 17 nitrogen and oxygen atoms in total. The summed E-state index contributed by atoms with van der Waals surface area (Å²) >= 11 is 0. The van der Waals surface area contributed by atoms with Gasteiger partial charge in [0.25, 0.3) is 18.6 Å². The zero-order valence-electron chi connectivity index (χ0n) is 43.5. The van der Waals surface area contributed by atoms with Crippen molar-refractivity contribution < 1.29 is 71.2 Å². The standard InChI is InChI=1S/C13H38O12Si9.C9H28O3Si4.C7H22O2Si3/c1-14-32(15-2,21-29(9)10)24-34(19-27-6,22-30(11)12)25-33(16-3,17-4)23-31(13,18-26-5)20-28(7)8;1-13(10-14(2,3)4)11-16(8,9)12-15(5,6)7;1-10(8-11(2,3)4)9-12(5,6)7/h5-6,28-30H,1-4,7-13H3;13H,1-9H3;10H,1-7H3. The normalized spacial score (nSPS) is 15.8. The second-order valence-electron chi connectivity index (χ2n) is 19.0. The van der Waals surface area contributed by atoms with Crippen molar-refractivity contribution in [1.29, 1.82) is 0 Å². The third-order valence-electron chi connectivity index (χ3n) is 6.01. The molecule has 3 atom stereocenters. The molecule has 0 saturated heterocycles. The zero-order valence-corrected chi connectivity index (χ0v) is 60.3. The highest BCUT2D eigenvalue weighted by atomic mass is 28.6. The van der Waals surface area contributed by atoms with Crippen LogP contribution in [-0.2, 0) is 71.2 Å². The van der Waals surface area contributed by atoms with Crippen molar-refractivity contribution in [3.63, 3.8) is 0 Å². The van der Waals surface area contributed by atoms with Crippen LogP contribution in [0.15, 0.2) is 0 Å². The lowest BCUT2D eigenvalue weighted by Gasteiger charge is -2.40. The van der Waals surface area contributed by atoms with Crippen LogP contribution in [0.4, 0.5) is 0 Å². The Bertz CT molecular complexity index is 1300. The average Bonchev–Trinajstić information content (AvgIpc) is 2.99. The fraction of sp³-hybridized carbons (Fsp3) is 0.931. The number of rotatable bonds is 28. The second kappa shape index (κ2) is 29.9. The zero-order chi connectivity index (χ0) is 49.8. The Morgan fingerprint density at radius 2 is 0.661 bits per heavy atom. The fourth-order valence-corrected chi connectivity index (χ4v) is 51.4. The van der Waals surface area contributed by atoms with Crippen molar-refractivity contribution in [2.45, 2.75) is 151 Å². The van der Waals surface area contributed by atoms with Gasteiger partial charge in [-0.2, -0.15) is 0 Å². The molecule has 370 valence electrons. The molecule has 0 aliphatic rings. The lowest BCUT2D eigenvalue weighted by atomic mass is 11.8. The Morgan fingerprint density at radius 1 is 0.339 bits per heavy atom. The molecular weight excluding hydrogens is 1070 g/mol. The lowest BCUT2D eigenvalue weighted by molar-refractivity contribution is -0.00951. The van der Waals surface area contributed by atoms with Crippen molar-refractivity contribution in [1.82, 2.24) is 0 Å². The van der Waals surface area contributed by atoms with Gasteiger partial charge in [-0.1, -0.05) is 0 Å². The Labute approximate surface area is 401 Å². The quantitative estimate of drug-likeness (QED) is 0.0873. The van der Waals surface area contributed by atoms with Gasteiger partial charge in [0.1, 0.15) is 0 Å². The minimum atomic E-state index is -4.20. The van der Waals surface area contributed by atoms with Crippen LogP contribution in [0.5, 0.6) is 0 Å². The molecule has 0 aromatic rings. The van der Waals surface area contributed by atoms with E-state index in [2.05, 4.69) is 105 Å². The topological polar surface area (TPSA) is 157 Å². The van der Waals surface area contributed by atoms with Crippen LogP contribution < -0.4 is 0 Å². The van der Waals surface area contributed by atoms with E-state index in [9.17, 15) is 0 Å². The summed E-state index contributed by atoms with van der Waals surface area (Å²) in [6.07, 6.45) is 0. The molecule has 62 heavy (non-hydrogen) atoms. The van der Waals surface area contributed by atoms with Crippen LogP contribution in [0.1, 0.15) is 0 Å². The molecule has 0 N–H and O–H groups in total. The third kappa shape index (κ3) is 35.2. The van der Waals surface area contributed by atoms with Gasteiger partial charge in [-0.15, -0.1) is 12.0 Å². The van der Waals surface area contributed by atoms with E-state index in [0.29, 0.717) is 0 Å². The van der Waals surface area contributed by atoms with Crippen molar-refractivity contribution in [2.75, 3.05) is 28.4 Å². The summed E-state index contributed by atoms with van der Waals surface area (Å²) < 4.78 is 101. The molecule has 0 aromatic heterocycles. The summed E-state index contributed by atoms with van der Waals surface area (Å²) in [5, 5.41) is 0. The highest BCUT2D eigenvalue weighted by molar-refractivity contribution is 6.86. The van der Waals surface area contributed by atoms with Crippen LogP contribution in [-0.4, -0.2) is 170 Å². The van der Waals surface area contributed by atoms with Crippen molar-refractivity contribution in [3.05, 3.63) is 0 Å². The minimum absolute atomic E-state index is 0.383. The second-order valence-corrected chi connectivity index (χ2v) is 65.6. The smallest absolute Gasteiger partial charge is 0.517 e. The van der Waals surface area contributed by atoms with Gasteiger partial charge >= 0.3 is 44.5 Å². The van der Waals surface area contributed by atoms with E-state index in [1.165, 1.54) is 28.4 Å². The van der Waals surface area contributed by atoms with Gasteiger partial charge in [0.2, 0.25) is 18.4 Å². The van der Waals surface area contributed by atoms with E-state index < -0.39 is 133 Å². The first kappa shape index (κ1) is 68.3. The molecule has 0 amide bonds. The van der Waals surface area contributed by atoms with Crippen LogP contribution in [0, 0.1) is 12.0 Å². The van der Waals surface area contributed by atoms with Gasteiger partial charge in [0, 0.05) is 35.0 Å². The third-order valence-corrected chi connectivity index (χ3v) is 48.1. The molecule has 3 unspecified atom stereocenters. The predicted molar refractivity (Wildman–Crippen MR) is 286 cm³/mol. The highest BCUT2D eigenvalue weighted by Crippen LogP contribution is 2.29. The van der Waals surface area contributed by atoms with Crippen LogP contribution in [0.25, 0.3) is 0 Å². The average molecular weight is 1160 g/mol. The molecule has 0 aliphatic heterocycles. The first-order valence-electron chi connectivity index (χ1n) is 20.7. The minimum Gasteiger partial charge on any atom is -0.517 e. The van der Waals surface area contributed by atoms with E-state index in [0.717, 1.165) is 0 Å². The summed E-state index contributed by atoms with van der Waals surface area (Å²) in [7, 11) is -26.5. The van der Waals surface area contributed by atoms with Crippen molar-refractivity contribution in [3.8, 4) is 12.0 Å². The van der Waals surface area contributed by atoms with Crippen molar-refractivity contribution in [2.24, 2.45) is 0 Å². The Morgan fingerprint density at radius 3 is 0.952 bits per heavy atom. The Kier molecular flexibility index (Phi) is 33.0. The molecule has 33 heteroatoms. The molecule has 0 bridgehead atoms. The molecule has 0 radical (unpaired) electrons. The molecule has 0 saturated carbocycles. The maximum absolute atomic E-state index is 6.31. The van der Waals surface area contributed by atoms with Gasteiger partial charge in [0.05, 0.1) is 0 Å². The lowest BCUT2D eigenvalue weighted by Crippen LogP contribution is -2.70. The predicted octanol–water partition coefficient (Wildman–Crippen LogP) is 5.74. The summed E-state index contributed by atoms with van der Waals surface area (Å²) in [4.78, 5) is 0. The molecule has 0 heterocycles. The molecule has 0 aliphatic carbocycles. The van der Waals surface area contributed by atoms with Gasteiger partial charge in [0.15, 0.2) is 60.4 Å². The summed E-state index contributed by atoms with van der Waals surface area (Å²) in [5.74, 6) is 0. The maximum Gasteiger partial charge on any atom is 0.721 e. The highest BCUT2D eigenvalue weighted by Gasteiger charge is 2.68. The van der Waals surface area contributed by atoms with Gasteiger partial charge < -0.3 is 71.2 Å². The first-order valence-corrected chi connectivity index (χ1v) is 58.8. The molecule has 0 spiro atoms. The van der Waals surface area contributed by atoms with Gasteiger partial charge in [-0.25, -0.2) is 0 Å².